The van der Waals surface area contributed by atoms with Crippen LogP contribution in [0.4, 0.5) is 5.69 Å². The summed E-state index contributed by atoms with van der Waals surface area (Å²) < 4.78 is 5.28. The fraction of sp³-hybridized carbons (Fsp3) is 0.367. The Balaban J connectivity index is 1.56. The van der Waals surface area contributed by atoms with Crippen LogP contribution in [-0.4, -0.2) is 56.3 Å². The van der Waals surface area contributed by atoms with Gasteiger partial charge in [-0.25, -0.2) is 0 Å². The predicted octanol–water partition coefficient (Wildman–Crippen LogP) is 3.99. The van der Waals surface area contributed by atoms with E-state index in [9.17, 15) is 9.90 Å². The Kier molecular flexibility index (Phi) is 7.97. The molecule has 0 radical (unpaired) electrons. The number of methoxy groups -OCH3 is 1. The third-order valence-corrected chi connectivity index (χ3v) is 7.51. The van der Waals surface area contributed by atoms with Crippen LogP contribution in [-0.2, 0) is 12.0 Å². The fourth-order valence-electron chi connectivity index (χ4n) is 5.32. The second-order valence-electron chi connectivity index (χ2n) is 9.88. The molecule has 3 aromatic rings. The van der Waals surface area contributed by atoms with E-state index in [1.54, 1.807) is 19.2 Å². The highest BCUT2D eigenvalue weighted by Gasteiger charge is 2.43. The van der Waals surface area contributed by atoms with Crippen molar-refractivity contribution in [2.75, 3.05) is 45.2 Å². The smallest absolute Gasteiger partial charge is 0.248 e. The molecule has 0 aromatic heterocycles. The highest BCUT2D eigenvalue weighted by atomic mass is 16.5. The number of carbonyl (C=O) groups excluding carboxylic acids is 1. The second-order valence-corrected chi connectivity index (χ2v) is 9.88. The van der Waals surface area contributed by atoms with Crippen molar-refractivity contribution >= 4 is 11.6 Å². The van der Waals surface area contributed by atoms with Crippen molar-refractivity contribution in [3.05, 3.63) is 95.1 Å². The Hall–Kier alpha value is -3.35. The van der Waals surface area contributed by atoms with Crippen LogP contribution in [0, 0.1) is 12.8 Å². The summed E-state index contributed by atoms with van der Waals surface area (Å²) in [5.74, 6) is 0.320. The van der Waals surface area contributed by atoms with Gasteiger partial charge in [-0.3, -0.25) is 4.79 Å². The fourth-order valence-corrected chi connectivity index (χ4v) is 5.32. The Labute approximate surface area is 214 Å². The lowest BCUT2D eigenvalue weighted by Crippen LogP contribution is -2.54. The van der Waals surface area contributed by atoms with Gasteiger partial charge >= 0.3 is 0 Å². The van der Waals surface area contributed by atoms with Gasteiger partial charge in [0, 0.05) is 50.4 Å². The Bertz CT molecular complexity index is 1180. The molecule has 1 aliphatic heterocycles. The SMILES string of the molecule is COc1ccc(CCN2CCC(O)(c3cccc(C(N)=O)c3)C(CN(C)c3ccccc3C)C2)cc1. The molecule has 3 N–H and O–H groups in total. The second kappa shape index (κ2) is 11.1. The zero-order chi connectivity index (χ0) is 25.7. The summed E-state index contributed by atoms with van der Waals surface area (Å²) in [5.41, 5.74) is 9.30. The zero-order valence-electron chi connectivity index (χ0n) is 21.5. The van der Waals surface area contributed by atoms with Crippen LogP contribution in [0.15, 0.2) is 72.8 Å². The van der Waals surface area contributed by atoms with E-state index in [2.05, 4.69) is 48.0 Å². The molecule has 2 unspecified atom stereocenters. The number of nitrogens with zero attached hydrogens (tertiary/aromatic N) is 2. The Morgan fingerprint density at radius 2 is 1.89 bits per heavy atom. The van der Waals surface area contributed by atoms with Crippen molar-refractivity contribution in [2.45, 2.75) is 25.4 Å². The van der Waals surface area contributed by atoms with Crippen LogP contribution in [0.5, 0.6) is 5.75 Å². The van der Waals surface area contributed by atoms with Gasteiger partial charge in [-0.1, -0.05) is 42.5 Å². The number of anilines is 1. The normalized spacial score (nSPS) is 20.2. The third-order valence-electron chi connectivity index (χ3n) is 7.51. The number of ether oxygens (including phenoxy) is 1. The van der Waals surface area contributed by atoms with Gasteiger partial charge in [-0.15, -0.1) is 0 Å². The summed E-state index contributed by atoms with van der Waals surface area (Å²) in [6.45, 7) is 5.23. The van der Waals surface area contributed by atoms with Crippen molar-refractivity contribution in [1.82, 2.24) is 4.90 Å². The van der Waals surface area contributed by atoms with Gasteiger partial charge in [0.2, 0.25) is 5.91 Å². The van der Waals surface area contributed by atoms with E-state index >= 15 is 0 Å². The first-order valence-electron chi connectivity index (χ1n) is 12.5. The molecule has 36 heavy (non-hydrogen) atoms. The van der Waals surface area contributed by atoms with Crippen molar-refractivity contribution in [1.29, 1.82) is 0 Å². The summed E-state index contributed by atoms with van der Waals surface area (Å²) in [7, 11) is 3.76. The summed E-state index contributed by atoms with van der Waals surface area (Å²) in [6, 6.07) is 23.7. The van der Waals surface area contributed by atoms with E-state index in [-0.39, 0.29) is 5.92 Å². The molecule has 0 spiro atoms. The Morgan fingerprint density at radius 3 is 2.58 bits per heavy atom. The highest BCUT2D eigenvalue weighted by Crippen LogP contribution is 2.39. The molecule has 0 saturated carbocycles. The molecule has 1 saturated heterocycles. The number of benzene rings is 3. The van der Waals surface area contributed by atoms with Crippen molar-refractivity contribution in [3.63, 3.8) is 0 Å². The number of hydrogen-bond donors (Lipinski definition) is 2. The summed E-state index contributed by atoms with van der Waals surface area (Å²) >= 11 is 0. The third kappa shape index (κ3) is 5.72. The molecule has 0 aliphatic carbocycles. The molecule has 1 aliphatic rings. The lowest BCUT2D eigenvalue weighted by molar-refractivity contribution is -0.0744. The number of hydrogen-bond acceptors (Lipinski definition) is 5. The number of likely N-dealkylation sites (tertiary alicyclic amines) is 1. The quantitative estimate of drug-likeness (QED) is 0.477. The van der Waals surface area contributed by atoms with Crippen LogP contribution in [0.2, 0.25) is 0 Å². The maximum Gasteiger partial charge on any atom is 0.248 e. The molecule has 3 aromatic carbocycles. The van der Waals surface area contributed by atoms with Gasteiger partial charge in [-0.05, 0) is 66.8 Å². The number of piperidine rings is 1. The molecule has 1 fully saturated rings. The number of carbonyl (C=O) groups is 1. The van der Waals surface area contributed by atoms with Crippen LogP contribution in [0.3, 0.4) is 0 Å². The molecule has 1 heterocycles. The van der Waals surface area contributed by atoms with Crippen molar-refractivity contribution in [2.24, 2.45) is 11.7 Å². The summed E-state index contributed by atoms with van der Waals surface area (Å²) in [6.07, 6.45) is 1.52. The van der Waals surface area contributed by atoms with Crippen molar-refractivity contribution in [3.8, 4) is 5.75 Å². The number of aryl methyl sites for hydroxylation is 1. The van der Waals surface area contributed by atoms with Gasteiger partial charge in [0.15, 0.2) is 0 Å². The molecule has 1 amide bonds. The molecule has 4 rings (SSSR count). The highest BCUT2D eigenvalue weighted by molar-refractivity contribution is 5.92. The average Bonchev–Trinajstić information content (AvgIpc) is 2.89. The van der Waals surface area contributed by atoms with Crippen LogP contribution >= 0.6 is 0 Å². The molecule has 0 bridgehead atoms. The van der Waals surface area contributed by atoms with E-state index in [0.717, 1.165) is 43.1 Å². The maximum absolute atomic E-state index is 12.1. The lowest BCUT2D eigenvalue weighted by atomic mass is 9.75. The molecular formula is C30H37N3O3. The van der Waals surface area contributed by atoms with E-state index < -0.39 is 11.5 Å². The minimum absolute atomic E-state index is 0.0603. The molecule has 6 nitrogen and oxygen atoms in total. The molecule has 6 heteroatoms. The van der Waals surface area contributed by atoms with Gasteiger partial charge in [0.25, 0.3) is 0 Å². The summed E-state index contributed by atoms with van der Waals surface area (Å²) in [5, 5.41) is 12.1. The standard InChI is InChI=1S/C30H37N3O3/c1-22-7-4-5-10-28(22)32(2)20-26-21-33(17-15-23-11-13-27(36-3)14-12-23)18-16-30(26,35)25-9-6-8-24(19-25)29(31)34/h4-14,19,26,35H,15-18,20-21H2,1-3H3,(H2,31,34). The van der Waals surface area contributed by atoms with Crippen molar-refractivity contribution < 1.29 is 14.6 Å². The van der Waals surface area contributed by atoms with Gasteiger partial charge in [-0.2, -0.15) is 0 Å². The van der Waals surface area contributed by atoms with Crippen LogP contribution in [0.25, 0.3) is 0 Å². The zero-order valence-corrected chi connectivity index (χ0v) is 21.5. The number of nitrogens with two attached hydrogens (primary N) is 1. The van der Waals surface area contributed by atoms with Gasteiger partial charge in [0.05, 0.1) is 12.7 Å². The number of aliphatic hydroxyl groups is 1. The van der Waals surface area contributed by atoms with E-state index in [4.69, 9.17) is 10.5 Å². The van der Waals surface area contributed by atoms with E-state index in [0.29, 0.717) is 18.5 Å². The number of amides is 1. The lowest BCUT2D eigenvalue weighted by Gasteiger charge is -2.46. The number of primary amides is 1. The first-order chi connectivity index (χ1) is 17.3. The maximum atomic E-state index is 12.1. The van der Waals surface area contributed by atoms with Crippen LogP contribution < -0.4 is 15.4 Å². The summed E-state index contributed by atoms with van der Waals surface area (Å²) in [4.78, 5) is 16.5. The van der Waals surface area contributed by atoms with Gasteiger partial charge in [0.1, 0.15) is 5.75 Å². The number of rotatable bonds is 9. The van der Waals surface area contributed by atoms with E-state index in [1.165, 1.54) is 11.1 Å². The monoisotopic (exact) mass is 487 g/mol. The van der Waals surface area contributed by atoms with Crippen LogP contribution in [0.1, 0.15) is 33.5 Å². The molecule has 2 atom stereocenters. The predicted molar refractivity (Wildman–Crippen MR) is 145 cm³/mol. The molecular weight excluding hydrogens is 450 g/mol. The first-order valence-corrected chi connectivity index (χ1v) is 12.5. The minimum atomic E-state index is -1.06. The number of para-hydroxylation sites is 1. The van der Waals surface area contributed by atoms with E-state index in [1.807, 2.05) is 36.4 Å². The molecule has 190 valence electrons. The van der Waals surface area contributed by atoms with Gasteiger partial charge < -0.3 is 25.4 Å². The topological polar surface area (TPSA) is 79.0 Å². The Morgan fingerprint density at radius 1 is 1.14 bits per heavy atom. The largest absolute Gasteiger partial charge is 0.497 e. The first kappa shape index (κ1) is 25.7. The minimum Gasteiger partial charge on any atom is -0.497 e. The average molecular weight is 488 g/mol.